The molecule has 1 spiro atoms. The predicted molar refractivity (Wildman–Crippen MR) is 56.5 cm³/mol. The fourth-order valence-electron chi connectivity index (χ4n) is 2.78. The van der Waals surface area contributed by atoms with Crippen molar-refractivity contribution in [1.29, 1.82) is 0 Å². The maximum Gasteiger partial charge on any atom is 0.309 e. The lowest BCUT2D eigenvalue weighted by Crippen LogP contribution is -2.37. The van der Waals surface area contributed by atoms with Crippen molar-refractivity contribution in [2.75, 3.05) is 14.2 Å². The van der Waals surface area contributed by atoms with Gasteiger partial charge in [-0.3, -0.25) is 9.59 Å². The molecule has 0 aromatic rings. The van der Waals surface area contributed by atoms with Gasteiger partial charge in [0.15, 0.2) is 0 Å². The molecular formula is C12H18O4. The zero-order valence-electron chi connectivity index (χ0n) is 9.82. The summed E-state index contributed by atoms with van der Waals surface area (Å²) in [5, 5.41) is 0. The average Bonchev–Trinajstić information content (AvgIpc) is 3.02. The van der Waals surface area contributed by atoms with Crippen LogP contribution in [0.3, 0.4) is 0 Å². The molecule has 4 heteroatoms. The molecule has 0 heterocycles. The lowest BCUT2D eigenvalue weighted by atomic mass is 9.65. The van der Waals surface area contributed by atoms with Crippen molar-refractivity contribution in [3.8, 4) is 0 Å². The summed E-state index contributed by atoms with van der Waals surface area (Å²) in [5.41, 5.74) is 0.535. The van der Waals surface area contributed by atoms with Crippen LogP contribution in [0.5, 0.6) is 0 Å². The van der Waals surface area contributed by atoms with Crippen molar-refractivity contribution in [1.82, 2.24) is 0 Å². The summed E-state index contributed by atoms with van der Waals surface area (Å²) >= 11 is 0. The van der Waals surface area contributed by atoms with Crippen molar-refractivity contribution in [3.05, 3.63) is 0 Å². The Bertz CT molecular complexity index is 298. The van der Waals surface area contributed by atoms with Gasteiger partial charge in [0.2, 0.25) is 0 Å². The first kappa shape index (κ1) is 11.4. The number of rotatable bonds is 4. The number of esters is 2. The largest absolute Gasteiger partial charge is 0.469 e. The maximum absolute atomic E-state index is 11.6. The lowest BCUT2D eigenvalue weighted by Gasteiger charge is -2.39. The van der Waals surface area contributed by atoms with Crippen LogP contribution >= 0.6 is 0 Å². The molecule has 2 saturated carbocycles. The highest BCUT2D eigenvalue weighted by atomic mass is 16.5. The van der Waals surface area contributed by atoms with E-state index in [4.69, 9.17) is 4.74 Å². The highest BCUT2D eigenvalue weighted by Gasteiger charge is 2.56. The Morgan fingerprint density at radius 3 is 2.31 bits per heavy atom. The van der Waals surface area contributed by atoms with E-state index in [0.29, 0.717) is 11.3 Å². The maximum atomic E-state index is 11.6. The molecule has 2 rings (SSSR count). The van der Waals surface area contributed by atoms with E-state index in [1.165, 1.54) is 27.1 Å². The molecule has 16 heavy (non-hydrogen) atoms. The SMILES string of the molecule is COC(=O)CC(C(=O)OC)C1CC2(CC2)C1. The zero-order valence-corrected chi connectivity index (χ0v) is 9.82. The highest BCUT2D eigenvalue weighted by molar-refractivity contribution is 5.80. The third-order valence-corrected chi connectivity index (χ3v) is 4.03. The fraction of sp³-hybridized carbons (Fsp3) is 0.833. The Hall–Kier alpha value is -1.06. The average molecular weight is 226 g/mol. The minimum absolute atomic E-state index is 0.157. The smallest absolute Gasteiger partial charge is 0.309 e. The van der Waals surface area contributed by atoms with Crippen LogP contribution in [0.4, 0.5) is 0 Å². The molecule has 0 amide bonds. The third kappa shape index (κ3) is 2.06. The van der Waals surface area contributed by atoms with Crippen molar-refractivity contribution < 1.29 is 19.1 Å². The molecule has 0 bridgehead atoms. The molecule has 1 atom stereocenters. The van der Waals surface area contributed by atoms with Crippen LogP contribution in [0.25, 0.3) is 0 Å². The van der Waals surface area contributed by atoms with E-state index in [2.05, 4.69) is 4.74 Å². The van der Waals surface area contributed by atoms with Crippen molar-refractivity contribution >= 4 is 11.9 Å². The molecule has 0 aliphatic heterocycles. The molecular weight excluding hydrogens is 208 g/mol. The van der Waals surface area contributed by atoms with Gasteiger partial charge in [-0.25, -0.2) is 0 Å². The molecule has 2 aliphatic rings. The molecule has 0 radical (unpaired) electrons. The molecule has 0 N–H and O–H groups in total. The molecule has 4 nitrogen and oxygen atoms in total. The molecule has 0 saturated heterocycles. The number of methoxy groups -OCH3 is 2. The van der Waals surface area contributed by atoms with E-state index in [1.807, 2.05) is 0 Å². The van der Waals surface area contributed by atoms with Crippen LogP contribution in [-0.2, 0) is 19.1 Å². The van der Waals surface area contributed by atoms with Crippen molar-refractivity contribution in [2.24, 2.45) is 17.3 Å². The second-order valence-electron chi connectivity index (χ2n) is 5.08. The van der Waals surface area contributed by atoms with Crippen LogP contribution in [0.1, 0.15) is 32.1 Å². The van der Waals surface area contributed by atoms with Crippen LogP contribution in [0.15, 0.2) is 0 Å². The van der Waals surface area contributed by atoms with Crippen molar-refractivity contribution in [2.45, 2.75) is 32.1 Å². The van der Waals surface area contributed by atoms with Gasteiger partial charge in [-0.05, 0) is 37.0 Å². The number of ether oxygens (including phenoxy) is 2. The standard InChI is InChI=1S/C12H18O4/c1-15-10(13)5-9(11(14)16-2)8-6-12(7-8)3-4-12/h8-9H,3-7H2,1-2H3. The quantitative estimate of drug-likeness (QED) is 0.682. The number of carbonyl (C=O) groups is 2. The van der Waals surface area contributed by atoms with E-state index in [-0.39, 0.29) is 24.3 Å². The first-order chi connectivity index (χ1) is 7.60. The van der Waals surface area contributed by atoms with Crippen LogP contribution in [0.2, 0.25) is 0 Å². The summed E-state index contributed by atoms with van der Waals surface area (Å²) in [6, 6.07) is 0. The van der Waals surface area contributed by atoms with E-state index < -0.39 is 0 Å². The van der Waals surface area contributed by atoms with Crippen LogP contribution in [0, 0.1) is 17.3 Å². The van der Waals surface area contributed by atoms with E-state index in [9.17, 15) is 9.59 Å². The molecule has 2 aliphatic carbocycles. The Morgan fingerprint density at radius 1 is 1.25 bits per heavy atom. The molecule has 0 aromatic carbocycles. The molecule has 1 unspecified atom stereocenters. The summed E-state index contributed by atoms with van der Waals surface area (Å²) in [6.07, 6.45) is 4.88. The van der Waals surface area contributed by atoms with Gasteiger partial charge in [-0.1, -0.05) is 0 Å². The van der Waals surface area contributed by atoms with Gasteiger partial charge < -0.3 is 9.47 Å². The summed E-state index contributed by atoms with van der Waals surface area (Å²) in [6.45, 7) is 0. The van der Waals surface area contributed by atoms with Crippen LogP contribution in [-0.4, -0.2) is 26.2 Å². The van der Waals surface area contributed by atoms with Gasteiger partial charge in [0.1, 0.15) is 0 Å². The number of hydrogen-bond acceptors (Lipinski definition) is 4. The minimum Gasteiger partial charge on any atom is -0.469 e. The molecule has 90 valence electrons. The van der Waals surface area contributed by atoms with Crippen molar-refractivity contribution in [3.63, 3.8) is 0 Å². The van der Waals surface area contributed by atoms with Gasteiger partial charge in [0, 0.05) is 0 Å². The summed E-state index contributed by atoms with van der Waals surface area (Å²) in [7, 11) is 2.72. The Balaban J connectivity index is 1.92. The third-order valence-electron chi connectivity index (χ3n) is 4.03. The van der Waals surface area contributed by atoms with Gasteiger partial charge >= 0.3 is 11.9 Å². The van der Waals surface area contributed by atoms with E-state index >= 15 is 0 Å². The Morgan fingerprint density at radius 2 is 1.88 bits per heavy atom. The number of hydrogen-bond donors (Lipinski definition) is 0. The van der Waals surface area contributed by atoms with Gasteiger partial charge in [-0.15, -0.1) is 0 Å². The Labute approximate surface area is 95.3 Å². The van der Waals surface area contributed by atoms with Crippen LogP contribution < -0.4 is 0 Å². The summed E-state index contributed by atoms with van der Waals surface area (Å²) < 4.78 is 9.37. The fourth-order valence-corrected chi connectivity index (χ4v) is 2.78. The number of carbonyl (C=O) groups excluding carboxylic acids is 2. The second kappa shape index (κ2) is 4.07. The van der Waals surface area contributed by atoms with Gasteiger partial charge in [0.25, 0.3) is 0 Å². The molecule has 2 fully saturated rings. The summed E-state index contributed by atoms with van der Waals surface area (Å²) in [4.78, 5) is 22.8. The topological polar surface area (TPSA) is 52.6 Å². The summed E-state index contributed by atoms with van der Waals surface area (Å²) in [5.74, 6) is -0.587. The normalized spacial score (nSPS) is 23.4. The highest BCUT2D eigenvalue weighted by Crippen LogP contribution is 2.65. The second-order valence-corrected chi connectivity index (χ2v) is 5.08. The Kier molecular flexibility index (Phi) is 2.91. The molecule has 0 aromatic heterocycles. The lowest BCUT2D eigenvalue weighted by molar-refractivity contribution is -0.156. The van der Waals surface area contributed by atoms with Gasteiger partial charge in [0.05, 0.1) is 26.6 Å². The van der Waals surface area contributed by atoms with E-state index in [0.717, 1.165) is 12.8 Å². The van der Waals surface area contributed by atoms with Gasteiger partial charge in [-0.2, -0.15) is 0 Å². The van der Waals surface area contributed by atoms with E-state index in [1.54, 1.807) is 0 Å². The predicted octanol–water partition coefficient (Wildman–Crippen LogP) is 1.53. The monoisotopic (exact) mass is 226 g/mol. The zero-order chi connectivity index (χ0) is 11.8. The minimum atomic E-state index is -0.327. The first-order valence-corrected chi connectivity index (χ1v) is 5.75. The first-order valence-electron chi connectivity index (χ1n) is 5.75.